The van der Waals surface area contributed by atoms with Gasteiger partial charge in [-0.05, 0) is 32.6 Å². The van der Waals surface area contributed by atoms with Crippen molar-refractivity contribution >= 4 is 16.0 Å². The van der Waals surface area contributed by atoms with E-state index < -0.39 is 15.6 Å². The first-order chi connectivity index (χ1) is 9.76. The van der Waals surface area contributed by atoms with Gasteiger partial charge in [0.25, 0.3) is 0 Å². The van der Waals surface area contributed by atoms with Crippen molar-refractivity contribution in [2.24, 2.45) is 5.92 Å². The highest BCUT2D eigenvalue weighted by molar-refractivity contribution is 7.88. The maximum atomic E-state index is 11.6. The molecule has 0 aromatic carbocycles. The van der Waals surface area contributed by atoms with E-state index in [9.17, 15) is 18.3 Å². The van der Waals surface area contributed by atoms with Gasteiger partial charge >= 0.3 is 5.97 Å². The number of ether oxygens (including phenoxy) is 1. The zero-order valence-corrected chi connectivity index (χ0v) is 13.5. The Kier molecular flexibility index (Phi) is 7.05. The number of aliphatic hydroxyl groups is 1. The summed E-state index contributed by atoms with van der Waals surface area (Å²) in [6.45, 7) is 3.31. The fourth-order valence-corrected chi connectivity index (χ4v) is 2.95. The Morgan fingerprint density at radius 3 is 2.48 bits per heavy atom. The van der Waals surface area contributed by atoms with E-state index in [1.807, 2.05) is 0 Å². The Hall–Kier alpha value is -0.700. The summed E-state index contributed by atoms with van der Waals surface area (Å²) in [6.07, 6.45) is 3.44. The van der Waals surface area contributed by atoms with Crippen molar-refractivity contribution in [3.05, 3.63) is 0 Å². The van der Waals surface area contributed by atoms with Gasteiger partial charge in [-0.3, -0.25) is 4.79 Å². The van der Waals surface area contributed by atoms with Gasteiger partial charge in [0.1, 0.15) is 0 Å². The van der Waals surface area contributed by atoms with E-state index in [0.29, 0.717) is 51.9 Å². The maximum absolute atomic E-state index is 11.6. The number of sulfonamides is 1. The van der Waals surface area contributed by atoms with Crippen molar-refractivity contribution in [2.45, 2.75) is 38.2 Å². The minimum Gasteiger partial charge on any atom is -0.466 e. The van der Waals surface area contributed by atoms with Crippen LogP contribution in [0.1, 0.15) is 32.6 Å². The predicted octanol–water partition coefficient (Wildman–Crippen LogP) is -0.390. The number of nitrogens with one attached hydrogen (secondary N) is 2. The molecule has 1 fully saturated rings. The largest absolute Gasteiger partial charge is 0.466 e. The molecular weight excluding hydrogens is 296 g/mol. The van der Waals surface area contributed by atoms with Gasteiger partial charge < -0.3 is 15.2 Å². The van der Waals surface area contributed by atoms with Crippen LogP contribution in [-0.4, -0.2) is 57.6 Å². The first kappa shape index (κ1) is 18.3. The van der Waals surface area contributed by atoms with Gasteiger partial charge in [-0.2, -0.15) is 0 Å². The van der Waals surface area contributed by atoms with E-state index in [1.165, 1.54) is 0 Å². The average molecular weight is 322 g/mol. The molecule has 0 aliphatic heterocycles. The summed E-state index contributed by atoms with van der Waals surface area (Å²) in [5.41, 5.74) is -0.825. The van der Waals surface area contributed by atoms with Crippen LogP contribution in [-0.2, 0) is 19.6 Å². The Morgan fingerprint density at radius 2 is 1.95 bits per heavy atom. The van der Waals surface area contributed by atoms with Crippen LogP contribution in [0.4, 0.5) is 0 Å². The molecule has 0 aromatic rings. The van der Waals surface area contributed by atoms with Gasteiger partial charge in [-0.1, -0.05) is 0 Å². The first-order valence-electron chi connectivity index (χ1n) is 7.30. The highest BCUT2D eigenvalue weighted by Crippen LogP contribution is 2.32. The van der Waals surface area contributed by atoms with E-state index in [1.54, 1.807) is 6.92 Å². The zero-order chi connectivity index (χ0) is 15.9. The van der Waals surface area contributed by atoms with E-state index in [4.69, 9.17) is 4.74 Å². The Balaban J connectivity index is 2.23. The molecule has 1 aliphatic rings. The molecule has 0 heterocycles. The summed E-state index contributed by atoms with van der Waals surface area (Å²) in [6, 6.07) is 0. The van der Waals surface area contributed by atoms with Crippen molar-refractivity contribution in [1.29, 1.82) is 0 Å². The number of hydrogen-bond acceptors (Lipinski definition) is 6. The fourth-order valence-electron chi connectivity index (χ4n) is 2.47. The maximum Gasteiger partial charge on any atom is 0.308 e. The SMILES string of the molecule is CCOC(=O)C1CCC(O)(CNCCNS(C)(=O)=O)CC1. The van der Waals surface area contributed by atoms with Crippen LogP contribution in [0.5, 0.6) is 0 Å². The highest BCUT2D eigenvalue weighted by Gasteiger charge is 2.35. The molecular formula is C13H26N2O5S. The third-order valence-corrected chi connectivity index (χ3v) is 4.38. The van der Waals surface area contributed by atoms with Crippen molar-refractivity contribution in [3.63, 3.8) is 0 Å². The molecule has 3 N–H and O–H groups in total. The lowest BCUT2D eigenvalue weighted by Gasteiger charge is -2.35. The predicted molar refractivity (Wildman–Crippen MR) is 79.3 cm³/mol. The third kappa shape index (κ3) is 7.21. The quantitative estimate of drug-likeness (QED) is 0.415. The number of hydrogen-bond donors (Lipinski definition) is 3. The summed E-state index contributed by atoms with van der Waals surface area (Å²) < 4.78 is 29.1. The first-order valence-corrected chi connectivity index (χ1v) is 9.19. The molecule has 0 unspecified atom stereocenters. The normalized spacial score (nSPS) is 26.5. The molecule has 0 bridgehead atoms. The van der Waals surface area contributed by atoms with Crippen LogP contribution in [0.15, 0.2) is 0 Å². The molecule has 1 rings (SSSR count). The Labute approximate surface area is 126 Å². The lowest BCUT2D eigenvalue weighted by Crippen LogP contribution is -2.46. The monoisotopic (exact) mass is 322 g/mol. The molecule has 7 nitrogen and oxygen atoms in total. The van der Waals surface area contributed by atoms with Gasteiger partial charge in [0.15, 0.2) is 0 Å². The standard InChI is InChI=1S/C13H26N2O5S/c1-3-20-12(16)11-4-6-13(17,7-5-11)10-14-8-9-15-21(2,18)19/h11,14-15,17H,3-10H2,1-2H3. The van der Waals surface area contributed by atoms with Crippen molar-refractivity contribution in [1.82, 2.24) is 10.0 Å². The number of carbonyl (C=O) groups excluding carboxylic acids is 1. The number of carbonyl (C=O) groups is 1. The third-order valence-electron chi connectivity index (χ3n) is 3.66. The molecule has 0 aromatic heterocycles. The lowest BCUT2D eigenvalue weighted by molar-refractivity contribution is -0.151. The molecule has 8 heteroatoms. The molecule has 21 heavy (non-hydrogen) atoms. The van der Waals surface area contributed by atoms with E-state index in [0.717, 1.165) is 6.26 Å². The van der Waals surface area contributed by atoms with Crippen molar-refractivity contribution < 1.29 is 23.1 Å². The number of esters is 1. The zero-order valence-electron chi connectivity index (χ0n) is 12.7. The van der Waals surface area contributed by atoms with E-state index in [-0.39, 0.29) is 11.9 Å². The van der Waals surface area contributed by atoms with Gasteiger partial charge in [-0.15, -0.1) is 0 Å². The molecule has 124 valence electrons. The topological polar surface area (TPSA) is 105 Å². The van der Waals surface area contributed by atoms with Gasteiger partial charge in [0.05, 0.1) is 24.4 Å². The minimum atomic E-state index is -3.17. The highest BCUT2D eigenvalue weighted by atomic mass is 32.2. The lowest BCUT2D eigenvalue weighted by atomic mass is 9.79. The molecule has 0 amide bonds. The van der Waals surface area contributed by atoms with Crippen LogP contribution in [0.3, 0.4) is 0 Å². The fraction of sp³-hybridized carbons (Fsp3) is 0.923. The van der Waals surface area contributed by atoms with Crippen LogP contribution < -0.4 is 10.0 Å². The second-order valence-electron chi connectivity index (χ2n) is 5.59. The van der Waals surface area contributed by atoms with Crippen LogP contribution in [0, 0.1) is 5.92 Å². The van der Waals surface area contributed by atoms with Crippen molar-refractivity contribution in [2.75, 3.05) is 32.5 Å². The van der Waals surface area contributed by atoms with Gasteiger partial charge in [-0.25, -0.2) is 13.1 Å². The van der Waals surface area contributed by atoms with Crippen LogP contribution >= 0.6 is 0 Å². The smallest absolute Gasteiger partial charge is 0.308 e. The summed E-state index contributed by atoms with van der Waals surface area (Å²) in [4.78, 5) is 11.6. The van der Waals surface area contributed by atoms with Crippen molar-refractivity contribution in [3.8, 4) is 0 Å². The summed E-state index contributed by atoms with van der Waals surface area (Å²) >= 11 is 0. The molecule has 0 saturated heterocycles. The number of rotatable bonds is 8. The van der Waals surface area contributed by atoms with Crippen LogP contribution in [0.2, 0.25) is 0 Å². The Morgan fingerprint density at radius 1 is 1.33 bits per heavy atom. The van der Waals surface area contributed by atoms with Gasteiger partial charge in [0, 0.05) is 19.6 Å². The molecule has 0 spiro atoms. The second kappa shape index (κ2) is 8.07. The summed E-state index contributed by atoms with van der Waals surface area (Å²) in [7, 11) is -3.17. The minimum absolute atomic E-state index is 0.114. The molecule has 1 aliphatic carbocycles. The van der Waals surface area contributed by atoms with E-state index >= 15 is 0 Å². The summed E-state index contributed by atoms with van der Waals surface area (Å²) in [5.74, 6) is -0.290. The Bertz CT molecular complexity index is 430. The average Bonchev–Trinajstić information content (AvgIpc) is 2.38. The molecule has 0 atom stereocenters. The molecule has 0 radical (unpaired) electrons. The second-order valence-corrected chi connectivity index (χ2v) is 7.43. The molecule has 1 saturated carbocycles. The van der Waals surface area contributed by atoms with Gasteiger partial charge in [0.2, 0.25) is 10.0 Å². The van der Waals surface area contributed by atoms with E-state index in [2.05, 4.69) is 10.0 Å². The van der Waals surface area contributed by atoms with Crippen LogP contribution in [0.25, 0.3) is 0 Å². The summed E-state index contributed by atoms with van der Waals surface area (Å²) in [5, 5.41) is 13.5.